The number of ether oxygens (including phenoxy) is 2. The van der Waals surface area contributed by atoms with E-state index < -0.39 is 0 Å². The molecule has 1 N–H and O–H groups in total. The van der Waals surface area contributed by atoms with Gasteiger partial charge in [-0.05, 0) is 35.7 Å². The highest BCUT2D eigenvalue weighted by Gasteiger charge is 2.06. The lowest BCUT2D eigenvalue weighted by molar-refractivity contribution is 0.284. The van der Waals surface area contributed by atoms with E-state index in [0.717, 1.165) is 30.2 Å². The van der Waals surface area contributed by atoms with Gasteiger partial charge in [0.05, 0.1) is 7.11 Å². The molecule has 3 nitrogen and oxygen atoms in total. The standard InChI is InChI=1S/C19H25NO2.ClH/c1-15(2)12-20-13-17-9-10-18(19(11-17)21-3)22-14-16-7-5-4-6-8-16;/h4-11,15,20H,12-14H2,1-3H3;1H. The highest BCUT2D eigenvalue weighted by Crippen LogP contribution is 2.28. The van der Waals surface area contributed by atoms with Crippen LogP contribution in [0.25, 0.3) is 0 Å². The molecule has 2 rings (SSSR count). The summed E-state index contributed by atoms with van der Waals surface area (Å²) < 4.78 is 11.3. The summed E-state index contributed by atoms with van der Waals surface area (Å²) in [7, 11) is 1.68. The second kappa shape index (κ2) is 10.1. The summed E-state index contributed by atoms with van der Waals surface area (Å²) >= 11 is 0. The Morgan fingerprint density at radius 2 is 1.70 bits per heavy atom. The molecule has 0 aromatic heterocycles. The molecule has 0 spiro atoms. The van der Waals surface area contributed by atoms with Crippen molar-refractivity contribution in [1.82, 2.24) is 5.32 Å². The van der Waals surface area contributed by atoms with Gasteiger partial charge >= 0.3 is 0 Å². The number of nitrogens with one attached hydrogen (secondary N) is 1. The Labute approximate surface area is 145 Å². The number of halogens is 1. The van der Waals surface area contributed by atoms with Crippen LogP contribution in [0.1, 0.15) is 25.0 Å². The zero-order valence-corrected chi connectivity index (χ0v) is 14.9. The van der Waals surface area contributed by atoms with Crippen LogP contribution in [0.4, 0.5) is 0 Å². The molecule has 0 amide bonds. The molecule has 4 heteroatoms. The van der Waals surface area contributed by atoms with Crippen molar-refractivity contribution in [3.63, 3.8) is 0 Å². The normalized spacial score (nSPS) is 10.3. The van der Waals surface area contributed by atoms with E-state index in [1.807, 2.05) is 30.3 Å². The van der Waals surface area contributed by atoms with Crippen LogP contribution in [0.2, 0.25) is 0 Å². The van der Waals surface area contributed by atoms with Gasteiger partial charge in [-0.1, -0.05) is 50.2 Å². The number of benzene rings is 2. The van der Waals surface area contributed by atoms with Crippen LogP contribution in [0.3, 0.4) is 0 Å². The fourth-order valence-electron chi connectivity index (χ4n) is 2.18. The third-order valence-corrected chi connectivity index (χ3v) is 3.35. The minimum Gasteiger partial charge on any atom is -0.493 e. The molecule has 0 heterocycles. The Morgan fingerprint density at radius 3 is 2.35 bits per heavy atom. The second-order valence-electron chi connectivity index (χ2n) is 5.78. The topological polar surface area (TPSA) is 30.5 Å². The molecule has 2 aromatic rings. The highest BCUT2D eigenvalue weighted by molar-refractivity contribution is 5.85. The fourth-order valence-corrected chi connectivity index (χ4v) is 2.18. The van der Waals surface area contributed by atoms with Crippen LogP contribution in [0.15, 0.2) is 48.5 Å². The van der Waals surface area contributed by atoms with Crippen LogP contribution >= 0.6 is 12.4 Å². The molecule has 126 valence electrons. The first kappa shape index (κ1) is 19.3. The maximum atomic E-state index is 5.87. The quantitative estimate of drug-likeness (QED) is 0.773. The van der Waals surface area contributed by atoms with Crippen LogP contribution in [0, 0.1) is 5.92 Å². The van der Waals surface area contributed by atoms with E-state index in [0.29, 0.717) is 12.5 Å². The summed E-state index contributed by atoms with van der Waals surface area (Å²) in [5, 5.41) is 3.43. The summed E-state index contributed by atoms with van der Waals surface area (Å²) in [5.74, 6) is 2.20. The molecule has 0 atom stereocenters. The SMILES string of the molecule is COc1cc(CNCC(C)C)ccc1OCc1ccccc1.Cl. The van der Waals surface area contributed by atoms with Crippen LogP contribution in [-0.2, 0) is 13.2 Å². The van der Waals surface area contributed by atoms with Gasteiger partial charge in [0, 0.05) is 6.54 Å². The first-order valence-electron chi connectivity index (χ1n) is 7.73. The van der Waals surface area contributed by atoms with Crippen molar-refractivity contribution in [2.75, 3.05) is 13.7 Å². The maximum absolute atomic E-state index is 5.87. The summed E-state index contributed by atoms with van der Waals surface area (Å²) in [6.45, 7) is 6.80. The average Bonchev–Trinajstić information content (AvgIpc) is 2.54. The van der Waals surface area contributed by atoms with E-state index in [-0.39, 0.29) is 12.4 Å². The molecule has 0 saturated heterocycles. The summed E-state index contributed by atoms with van der Waals surface area (Å²) in [6.07, 6.45) is 0. The summed E-state index contributed by atoms with van der Waals surface area (Å²) in [6, 6.07) is 16.2. The van der Waals surface area contributed by atoms with Crippen molar-refractivity contribution in [2.45, 2.75) is 27.0 Å². The third-order valence-electron chi connectivity index (χ3n) is 3.35. The number of hydrogen-bond donors (Lipinski definition) is 1. The molecule has 0 saturated carbocycles. The molecule has 0 fully saturated rings. The lowest BCUT2D eigenvalue weighted by Crippen LogP contribution is -2.18. The van der Waals surface area contributed by atoms with Gasteiger partial charge in [-0.25, -0.2) is 0 Å². The molecule has 2 aromatic carbocycles. The molecule has 0 unspecified atom stereocenters. The van der Waals surface area contributed by atoms with E-state index >= 15 is 0 Å². The van der Waals surface area contributed by atoms with Gasteiger partial charge in [-0.3, -0.25) is 0 Å². The van der Waals surface area contributed by atoms with Gasteiger partial charge < -0.3 is 14.8 Å². The molecular weight excluding hydrogens is 310 g/mol. The second-order valence-corrected chi connectivity index (χ2v) is 5.78. The number of methoxy groups -OCH3 is 1. The highest BCUT2D eigenvalue weighted by atomic mass is 35.5. The molecule has 0 aliphatic heterocycles. The summed E-state index contributed by atoms with van der Waals surface area (Å²) in [4.78, 5) is 0. The molecule has 23 heavy (non-hydrogen) atoms. The van der Waals surface area contributed by atoms with E-state index in [4.69, 9.17) is 9.47 Å². The van der Waals surface area contributed by atoms with Crippen molar-refractivity contribution >= 4 is 12.4 Å². The Kier molecular flexibility index (Phi) is 8.52. The smallest absolute Gasteiger partial charge is 0.161 e. The predicted molar refractivity (Wildman–Crippen MR) is 97.6 cm³/mol. The van der Waals surface area contributed by atoms with Crippen molar-refractivity contribution in [2.24, 2.45) is 5.92 Å². The van der Waals surface area contributed by atoms with E-state index in [1.165, 1.54) is 5.56 Å². The minimum absolute atomic E-state index is 0. The van der Waals surface area contributed by atoms with Gasteiger partial charge in [0.1, 0.15) is 6.61 Å². The average molecular weight is 336 g/mol. The Morgan fingerprint density at radius 1 is 0.957 bits per heavy atom. The van der Waals surface area contributed by atoms with Gasteiger partial charge in [0.25, 0.3) is 0 Å². The maximum Gasteiger partial charge on any atom is 0.161 e. The van der Waals surface area contributed by atoms with E-state index in [1.54, 1.807) is 7.11 Å². The van der Waals surface area contributed by atoms with Gasteiger partial charge in [0.2, 0.25) is 0 Å². The zero-order valence-electron chi connectivity index (χ0n) is 14.0. The molecule has 0 radical (unpaired) electrons. The monoisotopic (exact) mass is 335 g/mol. The predicted octanol–water partition coefficient (Wildman–Crippen LogP) is 4.44. The number of hydrogen-bond acceptors (Lipinski definition) is 3. The minimum atomic E-state index is 0. The Balaban J connectivity index is 0.00000264. The molecule has 0 bridgehead atoms. The molecular formula is C19H26ClNO2. The third kappa shape index (κ3) is 6.51. The lowest BCUT2D eigenvalue weighted by atomic mass is 10.1. The zero-order chi connectivity index (χ0) is 15.8. The first-order valence-corrected chi connectivity index (χ1v) is 7.73. The van der Waals surface area contributed by atoms with E-state index in [2.05, 4.69) is 37.4 Å². The fraction of sp³-hybridized carbons (Fsp3) is 0.368. The van der Waals surface area contributed by atoms with Crippen LogP contribution in [0.5, 0.6) is 11.5 Å². The van der Waals surface area contributed by atoms with Crippen LogP contribution < -0.4 is 14.8 Å². The van der Waals surface area contributed by atoms with Gasteiger partial charge in [-0.15, -0.1) is 12.4 Å². The van der Waals surface area contributed by atoms with Crippen molar-refractivity contribution in [3.05, 3.63) is 59.7 Å². The van der Waals surface area contributed by atoms with Gasteiger partial charge in [0.15, 0.2) is 11.5 Å². The Hall–Kier alpha value is -1.71. The Bertz CT molecular complexity index is 573. The lowest BCUT2D eigenvalue weighted by Gasteiger charge is -2.13. The van der Waals surface area contributed by atoms with Crippen molar-refractivity contribution in [1.29, 1.82) is 0 Å². The van der Waals surface area contributed by atoms with E-state index in [9.17, 15) is 0 Å². The molecule has 0 aliphatic rings. The number of rotatable bonds is 8. The first-order chi connectivity index (χ1) is 10.7. The van der Waals surface area contributed by atoms with Crippen LogP contribution in [-0.4, -0.2) is 13.7 Å². The van der Waals surface area contributed by atoms with Crippen molar-refractivity contribution < 1.29 is 9.47 Å². The molecule has 0 aliphatic carbocycles. The van der Waals surface area contributed by atoms with Gasteiger partial charge in [-0.2, -0.15) is 0 Å². The largest absolute Gasteiger partial charge is 0.493 e. The summed E-state index contributed by atoms with van der Waals surface area (Å²) in [5.41, 5.74) is 2.34. The van der Waals surface area contributed by atoms with Crippen molar-refractivity contribution in [3.8, 4) is 11.5 Å².